The lowest BCUT2D eigenvalue weighted by Crippen LogP contribution is -2.38. The average Bonchev–Trinajstić information content (AvgIpc) is 2.95. The first-order chi connectivity index (χ1) is 19.2. The van der Waals surface area contributed by atoms with Crippen LogP contribution in [0.25, 0.3) is 0 Å². The van der Waals surface area contributed by atoms with Gasteiger partial charge in [-0.15, -0.1) is 11.8 Å². The Morgan fingerprint density at radius 3 is 2.10 bits per heavy atom. The second-order valence-corrected chi connectivity index (χ2v) is 13.1. The normalized spacial score (nSPS) is 29.8. The first-order valence-electron chi connectivity index (χ1n) is 14.7. The fraction of sp³-hybridized carbons (Fsp3) is 0.625. The number of alkyl halides is 2. The van der Waals surface area contributed by atoms with Crippen molar-refractivity contribution in [2.75, 3.05) is 19.0 Å². The van der Waals surface area contributed by atoms with Crippen LogP contribution in [0.1, 0.15) is 88.5 Å². The van der Waals surface area contributed by atoms with Gasteiger partial charge in [-0.3, -0.25) is 0 Å². The molecule has 5 rings (SSSR count). The van der Waals surface area contributed by atoms with Gasteiger partial charge in [0.25, 0.3) is 0 Å². The quantitative estimate of drug-likeness (QED) is 0.230. The molecule has 2 aromatic carbocycles. The summed E-state index contributed by atoms with van der Waals surface area (Å²) < 4.78 is 75.7. The Kier molecular flexibility index (Phi) is 9.68. The molecule has 2 aromatic rings. The minimum atomic E-state index is -3.33. The minimum Gasteiger partial charge on any atom is -0.432 e. The SMILES string of the molecule is CCSc1ccc(OC(F)(F)C2CCC(C3CCC(c4ccc(C5OCC(C)CO5)cc4F)CC3)CC2)cc1F. The van der Waals surface area contributed by atoms with E-state index < -0.39 is 24.1 Å². The second kappa shape index (κ2) is 13.0. The Balaban J connectivity index is 1.10. The van der Waals surface area contributed by atoms with Gasteiger partial charge in [0, 0.05) is 22.4 Å². The Bertz CT molecular complexity index is 1120. The smallest absolute Gasteiger partial charge is 0.400 e. The van der Waals surface area contributed by atoms with E-state index in [4.69, 9.17) is 14.2 Å². The number of thioether (sulfide) groups is 1. The Morgan fingerprint density at radius 2 is 1.50 bits per heavy atom. The van der Waals surface area contributed by atoms with Crippen molar-refractivity contribution in [3.05, 3.63) is 59.2 Å². The first kappa shape index (κ1) is 29.7. The highest BCUT2D eigenvalue weighted by atomic mass is 32.2. The maximum absolute atomic E-state index is 15.1. The molecule has 0 bridgehead atoms. The topological polar surface area (TPSA) is 27.7 Å². The van der Waals surface area contributed by atoms with E-state index in [0.717, 1.165) is 55.7 Å². The molecule has 3 nitrogen and oxygen atoms in total. The first-order valence-corrected chi connectivity index (χ1v) is 15.7. The molecule has 40 heavy (non-hydrogen) atoms. The number of rotatable bonds is 8. The maximum atomic E-state index is 15.1. The fourth-order valence-corrected chi connectivity index (χ4v) is 7.37. The van der Waals surface area contributed by atoms with Crippen LogP contribution in [0.5, 0.6) is 5.75 Å². The summed E-state index contributed by atoms with van der Waals surface area (Å²) in [5, 5.41) is 0. The Morgan fingerprint density at radius 1 is 0.850 bits per heavy atom. The molecule has 0 unspecified atom stereocenters. The van der Waals surface area contributed by atoms with Gasteiger partial charge in [-0.25, -0.2) is 8.78 Å². The highest BCUT2D eigenvalue weighted by molar-refractivity contribution is 7.99. The zero-order chi connectivity index (χ0) is 28.3. The zero-order valence-electron chi connectivity index (χ0n) is 23.4. The van der Waals surface area contributed by atoms with Gasteiger partial charge in [0.1, 0.15) is 17.4 Å². The van der Waals surface area contributed by atoms with E-state index in [1.165, 1.54) is 23.9 Å². The van der Waals surface area contributed by atoms with E-state index in [9.17, 15) is 13.2 Å². The van der Waals surface area contributed by atoms with Crippen molar-refractivity contribution in [1.82, 2.24) is 0 Å². The van der Waals surface area contributed by atoms with Crippen LogP contribution in [0.4, 0.5) is 17.6 Å². The number of hydrogen-bond acceptors (Lipinski definition) is 4. The van der Waals surface area contributed by atoms with Crippen molar-refractivity contribution in [3.63, 3.8) is 0 Å². The predicted octanol–water partition coefficient (Wildman–Crippen LogP) is 9.51. The van der Waals surface area contributed by atoms with Crippen molar-refractivity contribution >= 4 is 11.8 Å². The molecule has 3 fully saturated rings. The molecule has 0 atom stereocenters. The number of hydrogen-bond donors (Lipinski definition) is 0. The van der Waals surface area contributed by atoms with Crippen molar-refractivity contribution in [2.45, 2.75) is 88.4 Å². The third-order valence-electron chi connectivity index (χ3n) is 8.94. The van der Waals surface area contributed by atoms with Gasteiger partial charge in [-0.05, 0) is 98.6 Å². The van der Waals surface area contributed by atoms with Crippen LogP contribution in [0, 0.1) is 35.3 Å². The largest absolute Gasteiger partial charge is 0.432 e. The van der Waals surface area contributed by atoms with Crippen LogP contribution in [0.3, 0.4) is 0 Å². The molecule has 0 spiro atoms. The van der Waals surface area contributed by atoms with Gasteiger partial charge in [-0.2, -0.15) is 8.78 Å². The number of benzene rings is 2. The Labute approximate surface area is 239 Å². The molecule has 3 aliphatic rings. The van der Waals surface area contributed by atoms with E-state index in [0.29, 0.717) is 54.5 Å². The lowest BCUT2D eigenvalue weighted by atomic mass is 9.68. The summed E-state index contributed by atoms with van der Waals surface area (Å²) >= 11 is 1.33. The molecular weight excluding hydrogens is 540 g/mol. The maximum Gasteiger partial charge on any atom is 0.400 e. The van der Waals surface area contributed by atoms with Gasteiger partial charge < -0.3 is 14.2 Å². The highest BCUT2D eigenvalue weighted by Crippen LogP contribution is 2.47. The van der Waals surface area contributed by atoms with E-state index in [-0.39, 0.29) is 17.5 Å². The fourth-order valence-electron chi connectivity index (χ4n) is 6.70. The van der Waals surface area contributed by atoms with Gasteiger partial charge in [-0.1, -0.05) is 26.0 Å². The van der Waals surface area contributed by atoms with Gasteiger partial charge in [0.2, 0.25) is 0 Å². The molecule has 0 aromatic heterocycles. The standard InChI is InChI=1S/C32H40F4O3S/c1-3-40-30-15-13-26(17-29(30)34)39-32(35,36)25-11-8-22(9-12-25)21-4-6-23(7-5-21)27-14-10-24(16-28(27)33)31-37-18-20(2)19-38-31/h10,13-17,20-23,25,31H,3-9,11-12,18-19H2,1-2H3. The van der Waals surface area contributed by atoms with Gasteiger partial charge in [0.05, 0.1) is 19.1 Å². The van der Waals surface area contributed by atoms with Gasteiger partial charge >= 0.3 is 6.11 Å². The molecular formula is C32H40F4O3S. The average molecular weight is 581 g/mol. The molecule has 2 aliphatic carbocycles. The van der Waals surface area contributed by atoms with E-state index in [1.807, 2.05) is 19.1 Å². The minimum absolute atomic E-state index is 0.128. The molecule has 8 heteroatoms. The molecule has 1 aliphatic heterocycles. The number of halogens is 4. The van der Waals surface area contributed by atoms with Crippen LogP contribution in [-0.2, 0) is 9.47 Å². The van der Waals surface area contributed by atoms with Crippen molar-refractivity contribution < 1.29 is 31.8 Å². The van der Waals surface area contributed by atoms with E-state index in [2.05, 4.69) is 6.92 Å². The summed E-state index contributed by atoms with van der Waals surface area (Å²) in [4.78, 5) is 0.437. The third kappa shape index (κ3) is 6.99. The monoisotopic (exact) mass is 580 g/mol. The molecule has 1 saturated heterocycles. The summed E-state index contributed by atoms with van der Waals surface area (Å²) in [7, 11) is 0. The molecule has 0 radical (unpaired) electrons. The summed E-state index contributed by atoms with van der Waals surface area (Å²) in [6.45, 7) is 5.18. The van der Waals surface area contributed by atoms with Crippen LogP contribution in [0.2, 0.25) is 0 Å². The molecule has 0 N–H and O–H groups in total. The van der Waals surface area contributed by atoms with Crippen LogP contribution >= 0.6 is 11.8 Å². The predicted molar refractivity (Wildman–Crippen MR) is 149 cm³/mol. The summed E-state index contributed by atoms with van der Waals surface area (Å²) in [5.41, 5.74) is 1.47. The highest BCUT2D eigenvalue weighted by Gasteiger charge is 2.45. The lowest BCUT2D eigenvalue weighted by molar-refractivity contribution is -0.224. The van der Waals surface area contributed by atoms with Crippen LogP contribution < -0.4 is 4.74 Å². The summed E-state index contributed by atoms with van der Waals surface area (Å²) in [5.74, 6) is 0.379. The zero-order valence-corrected chi connectivity index (χ0v) is 24.2. The van der Waals surface area contributed by atoms with E-state index in [1.54, 1.807) is 6.07 Å². The van der Waals surface area contributed by atoms with Crippen molar-refractivity contribution in [1.29, 1.82) is 0 Å². The Hall–Kier alpha value is -1.77. The van der Waals surface area contributed by atoms with Crippen molar-refractivity contribution in [3.8, 4) is 5.75 Å². The van der Waals surface area contributed by atoms with Crippen LogP contribution in [0.15, 0.2) is 41.3 Å². The summed E-state index contributed by atoms with van der Waals surface area (Å²) in [6.07, 6.45) is 2.22. The van der Waals surface area contributed by atoms with Crippen LogP contribution in [-0.4, -0.2) is 25.1 Å². The lowest BCUT2D eigenvalue weighted by Gasteiger charge is -2.39. The molecule has 220 valence electrons. The molecule has 2 saturated carbocycles. The van der Waals surface area contributed by atoms with Crippen molar-refractivity contribution in [2.24, 2.45) is 23.7 Å². The van der Waals surface area contributed by atoms with Gasteiger partial charge in [0.15, 0.2) is 6.29 Å². The summed E-state index contributed by atoms with van der Waals surface area (Å²) in [6, 6.07) is 9.34. The second-order valence-electron chi connectivity index (χ2n) is 11.8. The number of ether oxygens (including phenoxy) is 3. The molecule has 1 heterocycles. The molecule has 0 amide bonds. The van der Waals surface area contributed by atoms with E-state index >= 15 is 4.39 Å². The third-order valence-corrected chi connectivity index (χ3v) is 9.87.